The summed E-state index contributed by atoms with van der Waals surface area (Å²) in [5, 5.41) is 6.92. The van der Waals surface area contributed by atoms with Gasteiger partial charge in [0.05, 0.1) is 24.2 Å². The van der Waals surface area contributed by atoms with Crippen LogP contribution in [0.1, 0.15) is 20.0 Å². The molecule has 9 heteroatoms. The Hall–Kier alpha value is -3.20. The number of benzene rings is 1. The number of anilines is 1. The van der Waals surface area contributed by atoms with Gasteiger partial charge in [0.1, 0.15) is 10.6 Å². The normalized spacial score (nSPS) is 10.4. The molecule has 0 aliphatic heterocycles. The summed E-state index contributed by atoms with van der Waals surface area (Å²) in [6, 6.07) is 6.79. The van der Waals surface area contributed by atoms with Gasteiger partial charge in [-0.05, 0) is 12.1 Å². The topological polar surface area (TPSA) is 112 Å². The Labute approximate surface area is 140 Å². The fourth-order valence-electron chi connectivity index (χ4n) is 1.93. The molecule has 8 nitrogen and oxygen atoms in total. The van der Waals surface area contributed by atoms with Crippen LogP contribution in [-0.2, 0) is 7.05 Å². The number of rotatable bonds is 5. The van der Waals surface area contributed by atoms with E-state index in [0.717, 1.165) is 11.3 Å². The zero-order chi connectivity index (χ0) is 17.1. The van der Waals surface area contributed by atoms with Gasteiger partial charge >= 0.3 is 0 Å². The summed E-state index contributed by atoms with van der Waals surface area (Å²) in [5.41, 5.74) is 5.50. The van der Waals surface area contributed by atoms with Crippen LogP contribution in [0.15, 0.2) is 42.9 Å². The number of carbonyl (C=O) groups is 2. The third kappa shape index (κ3) is 3.41. The van der Waals surface area contributed by atoms with Crippen LogP contribution in [0.2, 0.25) is 0 Å². The van der Waals surface area contributed by atoms with E-state index < -0.39 is 11.8 Å². The number of primary amides is 1. The molecule has 3 rings (SSSR count). The summed E-state index contributed by atoms with van der Waals surface area (Å²) in [6.07, 6.45) is 4.56. The SMILES string of the molecule is Cn1cc(Oc2ccccc2C(=O)Nc2ncc(C(N)=O)s2)cn1. The summed E-state index contributed by atoms with van der Waals surface area (Å²) < 4.78 is 7.29. The molecule has 3 N–H and O–H groups in total. The number of nitrogens with zero attached hydrogens (tertiary/aromatic N) is 3. The molecule has 1 aromatic carbocycles. The zero-order valence-corrected chi connectivity index (χ0v) is 13.4. The minimum atomic E-state index is -0.590. The van der Waals surface area contributed by atoms with E-state index in [0.29, 0.717) is 17.1 Å². The van der Waals surface area contributed by atoms with Gasteiger partial charge < -0.3 is 10.5 Å². The van der Waals surface area contributed by atoms with Crippen molar-refractivity contribution in [2.45, 2.75) is 0 Å². The van der Waals surface area contributed by atoms with Gasteiger partial charge in [0.2, 0.25) is 0 Å². The number of aryl methyl sites for hydroxylation is 1. The standard InChI is InChI=1S/C15H13N5O3S/c1-20-8-9(6-18-20)23-11-5-3-2-4-10(11)14(22)19-15-17-7-12(24-15)13(16)21/h2-8H,1H3,(H2,16,21)(H,17,19,22). The largest absolute Gasteiger partial charge is 0.453 e. The van der Waals surface area contributed by atoms with Crippen LogP contribution in [0.4, 0.5) is 5.13 Å². The maximum atomic E-state index is 12.4. The average Bonchev–Trinajstić information content (AvgIpc) is 3.17. The van der Waals surface area contributed by atoms with Crippen molar-refractivity contribution in [1.29, 1.82) is 0 Å². The Morgan fingerprint density at radius 3 is 2.75 bits per heavy atom. The van der Waals surface area contributed by atoms with Crippen molar-refractivity contribution >= 4 is 28.3 Å². The molecular weight excluding hydrogens is 330 g/mol. The molecule has 2 heterocycles. The first-order chi connectivity index (χ1) is 11.5. The van der Waals surface area contributed by atoms with Gasteiger partial charge in [-0.2, -0.15) is 5.10 Å². The van der Waals surface area contributed by atoms with Gasteiger partial charge in [0, 0.05) is 7.05 Å². The smallest absolute Gasteiger partial charge is 0.261 e. The Bertz CT molecular complexity index is 902. The highest BCUT2D eigenvalue weighted by Gasteiger charge is 2.16. The van der Waals surface area contributed by atoms with Gasteiger partial charge in [-0.1, -0.05) is 23.5 Å². The lowest BCUT2D eigenvalue weighted by atomic mass is 10.2. The summed E-state index contributed by atoms with van der Waals surface area (Å²) in [7, 11) is 1.77. The van der Waals surface area contributed by atoms with Gasteiger partial charge in [0.25, 0.3) is 11.8 Å². The molecular formula is C15H13N5O3S. The van der Waals surface area contributed by atoms with Crippen LogP contribution in [0.5, 0.6) is 11.5 Å². The molecule has 2 aromatic heterocycles. The van der Waals surface area contributed by atoms with Crippen molar-refractivity contribution in [2.75, 3.05) is 5.32 Å². The van der Waals surface area contributed by atoms with E-state index >= 15 is 0 Å². The molecule has 24 heavy (non-hydrogen) atoms. The van der Waals surface area contributed by atoms with Crippen molar-refractivity contribution in [3.05, 3.63) is 53.3 Å². The van der Waals surface area contributed by atoms with Crippen LogP contribution in [0, 0.1) is 0 Å². The number of ether oxygens (including phenoxy) is 1. The first-order valence-corrected chi connectivity index (χ1v) is 7.67. The summed E-state index contributed by atoms with van der Waals surface area (Å²) in [4.78, 5) is 27.7. The molecule has 0 saturated carbocycles. The average molecular weight is 343 g/mol. The van der Waals surface area contributed by atoms with Crippen molar-refractivity contribution in [2.24, 2.45) is 12.8 Å². The van der Waals surface area contributed by atoms with Gasteiger partial charge in [-0.3, -0.25) is 19.6 Å². The highest BCUT2D eigenvalue weighted by Crippen LogP contribution is 2.26. The predicted octanol–water partition coefficient (Wildman–Crippen LogP) is 2.02. The minimum Gasteiger partial charge on any atom is -0.453 e. The van der Waals surface area contributed by atoms with E-state index in [1.807, 2.05) is 0 Å². The summed E-state index contributed by atoms with van der Waals surface area (Å²) >= 11 is 1.01. The monoisotopic (exact) mass is 343 g/mol. The predicted molar refractivity (Wildman–Crippen MR) is 88.3 cm³/mol. The Morgan fingerprint density at radius 2 is 2.08 bits per heavy atom. The molecule has 0 radical (unpaired) electrons. The zero-order valence-electron chi connectivity index (χ0n) is 12.6. The third-order valence-electron chi connectivity index (χ3n) is 3.01. The lowest BCUT2D eigenvalue weighted by molar-refractivity contribution is 0.1000. The Morgan fingerprint density at radius 1 is 1.29 bits per heavy atom. The van der Waals surface area contributed by atoms with Crippen LogP contribution < -0.4 is 15.8 Å². The van der Waals surface area contributed by atoms with Gasteiger partial charge in [0.15, 0.2) is 10.9 Å². The number of para-hydroxylation sites is 1. The number of hydrogen-bond acceptors (Lipinski definition) is 6. The highest BCUT2D eigenvalue weighted by molar-refractivity contribution is 7.17. The molecule has 3 aromatic rings. The minimum absolute atomic E-state index is 0.269. The summed E-state index contributed by atoms with van der Waals surface area (Å²) in [6.45, 7) is 0. The molecule has 2 amide bonds. The molecule has 0 atom stereocenters. The van der Waals surface area contributed by atoms with E-state index in [-0.39, 0.29) is 10.0 Å². The van der Waals surface area contributed by atoms with Crippen LogP contribution in [0.3, 0.4) is 0 Å². The fourth-order valence-corrected chi connectivity index (χ4v) is 2.60. The maximum absolute atomic E-state index is 12.4. The second-order valence-corrected chi connectivity index (χ2v) is 5.83. The van der Waals surface area contributed by atoms with Crippen molar-refractivity contribution in [3.8, 4) is 11.5 Å². The second-order valence-electron chi connectivity index (χ2n) is 4.80. The number of thiazole rings is 1. The van der Waals surface area contributed by atoms with E-state index in [1.54, 1.807) is 48.4 Å². The van der Waals surface area contributed by atoms with Crippen LogP contribution >= 0.6 is 11.3 Å². The number of nitrogens with two attached hydrogens (primary N) is 1. The fraction of sp³-hybridized carbons (Fsp3) is 0.0667. The van der Waals surface area contributed by atoms with Crippen molar-refractivity contribution < 1.29 is 14.3 Å². The lowest BCUT2D eigenvalue weighted by Gasteiger charge is -2.08. The quantitative estimate of drug-likeness (QED) is 0.736. The van der Waals surface area contributed by atoms with Crippen molar-refractivity contribution in [1.82, 2.24) is 14.8 Å². The molecule has 0 saturated heterocycles. The van der Waals surface area contributed by atoms with Gasteiger partial charge in [-0.15, -0.1) is 0 Å². The molecule has 0 bridgehead atoms. The molecule has 0 unspecified atom stereocenters. The number of nitrogens with one attached hydrogen (secondary N) is 1. The number of carbonyl (C=O) groups excluding carboxylic acids is 2. The number of amides is 2. The van der Waals surface area contributed by atoms with Crippen molar-refractivity contribution in [3.63, 3.8) is 0 Å². The van der Waals surface area contributed by atoms with E-state index in [4.69, 9.17) is 10.5 Å². The summed E-state index contributed by atoms with van der Waals surface area (Å²) in [5.74, 6) is -0.0918. The molecule has 0 aliphatic rings. The Balaban J connectivity index is 1.80. The van der Waals surface area contributed by atoms with E-state index in [2.05, 4.69) is 15.4 Å². The number of hydrogen-bond donors (Lipinski definition) is 2. The molecule has 0 aliphatic carbocycles. The third-order valence-corrected chi connectivity index (χ3v) is 3.94. The van der Waals surface area contributed by atoms with E-state index in [9.17, 15) is 9.59 Å². The number of aromatic nitrogens is 3. The maximum Gasteiger partial charge on any atom is 0.261 e. The van der Waals surface area contributed by atoms with Crippen LogP contribution in [0.25, 0.3) is 0 Å². The molecule has 0 fully saturated rings. The first-order valence-electron chi connectivity index (χ1n) is 6.85. The molecule has 122 valence electrons. The van der Waals surface area contributed by atoms with Gasteiger partial charge in [-0.25, -0.2) is 4.98 Å². The van der Waals surface area contributed by atoms with E-state index in [1.165, 1.54) is 6.20 Å². The second kappa shape index (κ2) is 6.50. The first kappa shape index (κ1) is 15.7. The molecule has 0 spiro atoms. The lowest BCUT2D eigenvalue weighted by Crippen LogP contribution is -2.12. The Kier molecular flexibility index (Phi) is 4.25. The van der Waals surface area contributed by atoms with Crippen LogP contribution in [-0.4, -0.2) is 26.6 Å². The highest BCUT2D eigenvalue weighted by atomic mass is 32.1.